The van der Waals surface area contributed by atoms with E-state index in [1.54, 1.807) is 0 Å². The monoisotopic (exact) mass is 504 g/mol. The first kappa shape index (κ1) is 23.7. The molecule has 37 heavy (non-hydrogen) atoms. The molecule has 7 rings (SSSR count). The molecule has 2 aliphatic carbocycles. The van der Waals surface area contributed by atoms with Crippen LogP contribution in [0.2, 0.25) is 0 Å². The topological polar surface area (TPSA) is 78.7 Å². The summed E-state index contributed by atoms with van der Waals surface area (Å²) in [5.74, 6) is 1.93. The van der Waals surface area contributed by atoms with E-state index >= 15 is 0 Å². The number of carboxylic acid groups (broad SMARTS) is 1. The summed E-state index contributed by atoms with van der Waals surface area (Å²) in [5, 5.41) is 9.35. The molecule has 7 heteroatoms. The third-order valence-corrected chi connectivity index (χ3v) is 10.4. The molecule has 1 aromatic heterocycles. The molecule has 2 aromatic rings. The van der Waals surface area contributed by atoms with Gasteiger partial charge in [-0.1, -0.05) is 25.5 Å². The molecule has 4 bridgehead atoms. The molecule has 4 atom stereocenters. The third kappa shape index (κ3) is 4.08. The number of carboxylic acids is 1. The molecule has 0 spiro atoms. The average molecular weight is 505 g/mol. The Morgan fingerprint density at radius 2 is 1.57 bits per heavy atom. The highest BCUT2D eigenvalue weighted by atomic mass is 16.4. The van der Waals surface area contributed by atoms with Gasteiger partial charge < -0.3 is 14.6 Å². The standard InChI is InChI=1S/C30H40N4O3/c1-18-9-19-11-20(10-18)13-24(12-19)33-22-5-4-6-23(33)15-25(14-22)34-27-8-3-2-7-26(27)31-28(29(34)35)32-16-21(17-32)30(36)37/h2-3,7-8,18-25H,4-6,9-17H2,1H3,(H,36,37). The van der Waals surface area contributed by atoms with Crippen LogP contribution in [0.1, 0.15) is 77.2 Å². The van der Waals surface area contributed by atoms with Crippen molar-refractivity contribution in [1.29, 1.82) is 0 Å². The predicted octanol–water partition coefficient (Wildman–Crippen LogP) is 4.69. The summed E-state index contributed by atoms with van der Waals surface area (Å²) >= 11 is 0. The SMILES string of the molecule is CC1CC2CC(C1)CC(N1C3CCCC1CC(n1c(=O)c(N4CC(C(=O)O)C4)nc4ccccc41)C3)C2. The van der Waals surface area contributed by atoms with Crippen molar-refractivity contribution < 1.29 is 9.90 Å². The third-order valence-electron chi connectivity index (χ3n) is 10.4. The summed E-state index contributed by atoms with van der Waals surface area (Å²) in [6.07, 6.45) is 12.9. The highest BCUT2D eigenvalue weighted by molar-refractivity contribution is 5.78. The number of nitrogens with zero attached hydrogens (tertiary/aromatic N) is 4. The van der Waals surface area contributed by atoms with Crippen LogP contribution in [0.15, 0.2) is 29.1 Å². The van der Waals surface area contributed by atoms with Crippen LogP contribution >= 0.6 is 0 Å². The second-order valence-corrected chi connectivity index (χ2v) is 13.0. The van der Waals surface area contributed by atoms with E-state index in [2.05, 4.69) is 11.8 Å². The second kappa shape index (κ2) is 9.11. The molecule has 5 fully saturated rings. The number of aromatic nitrogens is 2. The van der Waals surface area contributed by atoms with Gasteiger partial charge in [0.2, 0.25) is 0 Å². The van der Waals surface area contributed by atoms with Crippen molar-refractivity contribution >= 4 is 22.8 Å². The lowest BCUT2D eigenvalue weighted by atomic mass is 9.65. The van der Waals surface area contributed by atoms with E-state index in [0.29, 0.717) is 31.0 Å². The summed E-state index contributed by atoms with van der Waals surface area (Å²) < 4.78 is 2.05. The Kier molecular flexibility index (Phi) is 5.83. The van der Waals surface area contributed by atoms with Crippen molar-refractivity contribution in [3.63, 3.8) is 0 Å². The number of benzene rings is 1. The van der Waals surface area contributed by atoms with Crippen molar-refractivity contribution in [3.8, 4) is 0 Å². The van der Waals surface area contributed by atoms with E-state index in [-0.39, 0.29) is 11.6 Å². The van der Waals surface area contributed by atoms with Crippen LogP contribution in [0.3, 0.4) is 0 Å². The van der Waals surface area contributed by atoms with Crippen LogP contribution in [-0.2, 0) is 4.79 Å². The van der Waals surface area contributed by atoms with Gasteiger partial charge in [-0.3, -0.25) is 14.5 Å². The number of fused-ring (bicyclic) bond motifs is 5. The quantitative estimate of drug-likeness (QED) is 0.651. The predicted molar refractivity (Wildman–Crippen MR) is 144 cm³/mol. The summed E-state index contributed by atoms with van der Waals surface area (Å²) in [4.78, 5) is 34.9. The highest BCUT2D eigenvalue weighted by Crippen LogP contribution is 2.48. The number of anilines is 1. The number of hydrogen-bond donors (Lipinski definition) is 1. The van der Waals surface area contributed by atoms with E-state index in [1.807, 2.05) is 33.7 Å². The first-order valence-electron chi connectivity index (χ1n) is 14.7. The maximum absolute atomic E-state index is 14.0. The molecule has 4 unspecified atom stereocenters. The molecule has 2 saturated carbocycles. The highest BCUT2D eigenvalue weighted by Gasteiger charge is 2.46. The number of piperidine rings is 2. The molecular formula is C30H40N4O3. The van der Waals surface area contributed by atoms with Gasteiger partial charge in [-0.05, 0) is 87.7 Å². The fourth-order valence-corrected chi connectivity index (χ4v) is 9.11. The maximum atomic E-state index is 14.0. The lowest BCUT2D eigenvalue weighted by Gasteiger charge is -2.56. The molecule has 1 N–H and O–H groups in total. The molecule has 7 nitrogen and oxygen atoms in total. The Labute approximate surface area is 218 Å². The number of aliphatic carboxylic acids is 1. The van der Waals surface area contributed by atoms with Gasteiger partial charge in [0.05, 0.1) is 17.0 Å². The number of hydrogen-bond acceptors (Lipinski definition) is 5. The van der Waals surface area contributed by atoms with Gasteiger partial charge in [0.1, 0.15) is 0 Å². The van der Waals surface area contributed by atoms with E-state index in [0.717, 1.165) is 47.7 Å². The van der Waals surface area contributed by atoms with Crippen LogP contribution in [0, 0.1) is 23.7 Å². The largest absolute Gasteiger partial charge is 0.481 e. The first-order valence-corrected chi connectivity index (χ1v) is 14.7. The molecule has 198 valence electrons. The van der Waals surface area contributed by atoms with Crippen LogP contribution in [0.25, 0.3) is 11.0 Å². The molecule has 4 heterocycles. The van der Waals surface area contributed by atoms with E-state index in [4.69, 9.17) is 4.98 Å². The summed E-state index contributed by atoms with van der Waals surface area (Å²) in [5.41, 5.74) is 1.71. The van der Waals surface area contributed by atoms with Gasteiger partial charge in [0.25, 0.3) is 5.56 Å². The zero-order valence-electron chi connectivity index (χ0n) is 22.0. The lowest BCUT2D eigenvalue weighted by molar-refractivity contribution is -0.142. The zero-order valence-corrected chi connectivity index (χ0v) is 22.0. The van der Waals surface area contributed by atoms with Gasteiger partial charge >= 0.3 is 5.97 Å². The Bertz CT molecular complexity index is 1220. The van der Waals surface area contributed by atoms with Crippen molar-refractivity contribution in [2.75, 3.05) is 18.0 Å². The van der Waals surface area contributed by atoms with Crippen LogP contribution in [0.4, 0.5) is 5.82 Å². The van der Waals surface area contributed by atoms with Crippen LogP contribution < -0.4 is 10.5 Å². The lowest BCUT2D eigenvalue weighted by Crippen LogP contribution is -2.59. The molecule has 5 aliphatic rings. The smallest absolute Gasteiger partial charge is 0.310 e. The minimum atomic E-state index is -0.793. The van der Waals surface area contributed by atoms with Gasteiger partial charge in [-0.25, -0.2) is 4.98 Å². The minimum absolute atomic E-state index is 0.0414. The summed E-state index contributed by atoms with van der Waals surface area (Å²) in [7, 11) is 0. The first-order chi connectivity index (χ1) is 17.9. The normalized spacial score (nSPS) is 36.4. The Morgan fingerprint density at radius 3 is 2.24 bits per heavy atom. The van der Waals surface area contributed by atoms with Crippen molar-refractivity contribution in [1.82, 2.24) is 14.5 Å². The van der Waals surface area contributed by atoms with Crippen molar-refractivity contribution in [3.05, 3.63) is 34.6 Å². The summed E-state index contributed by atoms with van der Waals surface area (Å²) in [6, 6.07) is 10.0. The minimum Gasteiger partial charge on any atom is -0.481 e. The fraction of sp³-hybridized carbons (Fsp3) is 0.700. The maximum Gasteiger partial charge on any atom is 0.310 e. The second-order valence-electron chi connectivity index (χ2n) is 13.0. The Morgan fingerprint density at radius 1 is 0.892 bits per heavy atom. The molecule has 3 aliphatic heterocycles. The molecule has 1 aromatic carbocycles. The number of rotatable bonds is 4. The molecule has 0 amide bonds. The van der Waals surface area contributed by atoms with Crippen molar-refractivity contribution in [2.45, 2.75) is 95.3 Å². The fourth-order valence-electron chi connectivity index (χ4n) is 9.11. The Balaban J connectivity index is 1.19. The average Bonchev–Trinajstić information content (AvgIpc) is 2.81. The van der Waals surface area contributed by atoms with Gasteiger partial charge in [-0.2, -0.15) is 0 Å². The summed E-state index contributed by atoms with van der Waals surface area (Å²) in [6.45, 7) is 3.18. The van der Waals surface area contributed by atoms with Crippen LogP contribution in [-0.4, -0.2) is 56.7 Å². The van der Waals surface area contributed by atoms with Crippen molar-refractivity contribution in [2.24, 2.45) is 23.7 Å². The van der Waals surface area contributed by atoms with E-state index in [1.165, 1.54) is 51.4 Å². The van der Waals surface area contributed by atoms with E-state index in [9.17, 15) is 14.7 Å². The molecule has 3 saturated heterocycles. The Hall–Kier alpha value is -2.41. The molecule has 0 radical (unpaired) electrons. The van der Waals surface area contributed by atoms with Gasteiger partial charge in [0.15, 0.2) is 5.82 Å². The van der Waals surface area contributed by atoms with E-state index < -0.39 is 11.9 Å². The van der Waals surface area contributed by atoms with Crippen LogP contribution in [0.5, 0.6) is 0 Å². The van der Waals surface area contributed by atoms with Gasteiger partial charge in [0, 0.05) is 37.3 Å². The zero-order chi connectivity index (χ0) is 25.3. The number of carbonyl (C=O) groups is 1. The van der Waals surface area contributed by atoms with Gasteiger partial charge in [-0.15, -0.1) is 0 Å². The number of para-hydroxylation sites is 2. The molecular weight excluding hydrogens is 464 g/mol.